The fraction of sp³-hybridized carbons (Fsp3) is 0.0833. The van der Waals surface area contributed by atoms with Crippen molar-refractivity contribution >= 4 is 28.8 Å². The second-order valence-electron chi connectivity index (χ2n) is 3.41. The topological polar surface area (TPSA) is 60.2 Å². The van der Waals surface area contributed by atoms with E-state index in [2.05, 4.69) is 10.3 Å². The predicted octanol–water partition coefficient (Wildman–Crippen LogP) is 3.07. The minimum absolute atomic E-state index is 0.444. The number of nitrogen functional groups attached to an aromatic ring is 1. The molecule has 5 heteroatoms. The second-order valence-corrected chi connectivity index (χ2v) is 3.82. The van der Waals surface area contributed by atoms with E-state index in [4.69, 9.17) is 22.1 Å². The zero-order chi connectivity index (χ0) is 12.3. The quantitative estimate of drug-likeness (QED) is 0.878. The molecule has 2 aromatic rings. The first-order valence-electron chi connectivity index (χ1n) is 5.02. The van der Waals surface area contributed by atoms with E-state index in [0.717, 1.165) is 11.4 Å². The highest BCUT2D eigenvalue weighted by Gasteiger charge is 2.03. The van der Waals surface area contributed by atoms with Gasteiger partial charge in [-0.25, -0.2) is 4.98 Å². The first-order chi connectivity index (χ1) is 8.20. The van der Waals surface area contributed by atoms with Crippen molar-refractivity contribution in [3.63, 3.8) is 0 Å². The molecule has 1 aromatic carbocycles. The van der Waals surface area contributed by atoms with Gasteiger partial charge < -0.3 is 15.8 Å². The van der Waals surface area contributed by atoms with E-state index in [-0.39, 0.29) is 0 Å². The maximum absolute atomic E-state index is 6.02. The zero-order valence-corrected chi connectivity index (χ0v) is 10.0. The van der Waals surface area contributed by atoms with Gasteiger partial charge in [0.25, 0.3) is 0 Å². The number of nitrogens with zero attached hydrogens (tertiary/aromatic N) is 1. The Kier molecular flexibility index (Phi) is 3.35. The minimum atomic E-state index is 0.444. The smallest absolute Gasteiger partial charge is 0.147 e. The zero-order valence-electron chi connectivity index (χ0n) is 9.27. The second kappa shape index (κ2) is 4.93. The number of aromatic nitrogens is 1. The third kappa shape index (κ3) is 2.60. The molecule has 2 rings (SSSR count). The van der Waals surface area contributed by atoms with E-state index < -0.39 is 0 Å². The highest BCUT2D eigenvalue weighted by molar-refractivity contribution is 6.32. The fourth-order valence-corrected chi connectivity index (χ4v) is 1.68. The van der Waals surface area contributed by atoms with Gasteiger partial charge in [0.1, 0.15) is 11.6 Å². The molecule has 1 heterocycles. The van der Waals surface area contributed by atoms with Crippen LogP contribution in [0, 0.1) is 0 Å². The molecule has 0 aliphatic rings. The number of ether oxygens (including phenoxy) is 1. The van der Waals surface area contributed by atoms with Crippen molar-refractivity contribution in [1.82, 2.24) is 4.98 Å². The van der Waals surface area contributed by atoms with Crippen molar-refractivity contribution in [2.75, 3.05) is 18.2 Å². The molecule has 0 radical (unpaired) electrons. The molecule has 0 amide bonds. The minimum Gasteiger partial charge on any atom is -0.495 e. The Hall–Kier alpha value is -1.94. The standard InChI is InChI=1S/C12H12ClN3O/c1-17-11-5-4-8(7-9(11)13)16-10-3-2-6-15-12(10)14/h2-7,16H,1H3,(H2,14,15). The number of methoxy groups -OCH3 is 1. The maximum atomic E-state index is 6.02. The van der Waals surface area contributed by atoms with Gasteiger partial charge in [-0.1, -0.05) is 11.6 Å². The lowest BCUT2D eigenvalue weighted by atomic mass is 10.3. The molecular weight excluding hydrogens is 238 g/mol. The molecule has 3 N–H and O–H groups in total. The summed E-state index contributed by atoms with van der Waals surface area (Å²) < 4.78 is 5.08. The highest BCUT2D eigenvalue weighted by Crippen LogP contribution is 2.29. The van der Waals surface area contributed by atoms with Gasteiger partial charge in [0, 0.05) is 11.9 Å². The Morgan fingerprint density at radius 1 is 1.35 bits per heavy atom. The number of nitrogens with one attached hydrogen (secondary N) is 1. The van der Waals surface area contributed by atoms with Gasteiger partial charge in [-0.05, 0) is 30.3 Å². The summed E-state index contributed by atoms with van der Waals surface area (Å²) >= 11 is 6.02. The molecule has 0 aliphatic heterocycles. The van der Waals surface area contributed by atoms with E-state index in [1.54, 1.807) is 25.4 Å². The van der Waals surface area contributed by atoms with E-state index in [9.17, 15) is 0 Å². The van der Waals surface area contributed by atoms with Gasteiger partial charge in [-0.3, -0.25) is 0 Å². The normalized spacial score (nSPS) is 10.0. The van der Waals surface area contributed by atoms with Crippen molar-refractivity contribution in [2.24, 2.45) is 0 Å². The monoisotopic (exact) mass is 249 g/mol. The molecule has 88 valence electrons. The summed E-state index contributed by atoms with van der Waals surface area (Å²) in [6.07, 6.45) is 1.64. The summed E-state index contributed by atoms with van der Waals surface area (Å²) in [6.45, 7) is 0. The molecule has 4 nitrogen and oxygen atoms in total. The van der Waals surface area contributed by atoms with Gasteiger partial charge in [0.2, 0.25) is 0 Å². The summed E-state index contributed by atoms with van der Waals surface area (Å²) in [7, 11) is 1.58. The molecule has 17 heavy (non-hydrogen) atoms. The number of anilines is 3. The predicted molar refractivity (Wildman–Crippen MR) is 69.9 cm³/mol. The Balaban J connectivity index is 2.25. The van der Waals surface area contributed by atoms with Crippen molar-refractivity contribution in [1.29, 1.82) is 0 Å². The lowest BCUT2D eigenvalue weighted by Crippen LogP contribution is -1.98. The molecule has 0 atom stereocenters. The van der Waals surface area contributed by atoms with Crippen LogP contribution in [-0.4, -0.2) is 12.1 Å². The molecule has 0 spiro atoms. The Morgan fingerprint density at radius 3 is 2.82 bits per heavy atom. The molecule has 0 saturated heterocycles. The van der Waals surface area contributed by atoms with Crippen molar-refractivity contribution < 1.29 is 4.74 Å². The Labute approximate surface area is 104 Å². The Morgan fingerprint density at radius 2 is 2.18 bits per heavy atom. The third-order valence-electron chi connectivity index (χ3n) is 2.27. The largest absolute Gasteiger partial charge is 0.495 e. The van der Waals surface area contributed by atoms with E-state index in [1.807, 2.05) is 18.2 Å². The average Bonchev–Trinajstić information content (AvgIpc) is 2.32. The number of rotatable bonds is 3. The average molecular weight is 250 g/mol. The molecular formula is C12H12ClN3O. The lowest BCUT2D eigenvalue weighted by Gasteiger charge is -2.10. The maximum Gasteiger partial charge on any atom is 0.147 e. The van der Waals surface area contributed by atoms with E-state index in [1.165, 1.54) is 0 Å². The lowest BCUT2D eigenvalue weighted by molar-refractivity contribution is 0.415. The van der Waals surface area contributed by atoms with Crippen LogP contribution in [0.1, 0.15) is 0 Å². The Bertz CT molecular complexity index is 531. The molecule has 0 aliphatic carbocycles. The van der Waals surface area contributed by atoms with Gasteiger partial charge >= 0.3 is 0 Å². The van der Waals surface area contributed by atoms with Gasteiger partial charge in [-0.2, -0.15) is 0 Å². The first kappa shape index (κ1) is 11.5. The van der Waals surface area contributed by atoms with Crippen LogP contribution in [0.15, 0.2) is 36.5 Å². The van der Waals surface area contributed by atoms with Crippen molar-refractivity contribution in [3.05, 3.63) is 41.6 Å². The number of hydrogen-bond donors (Lipinski definition) is 2. The van der Waals surface area contributed by atoms with Crippen LogP contribution in [0.3, 0.4) is 0 Å². The summed E-state index contributed by atoms with van der Waals surface area (Å²) in [4.78, 5) is 3.99. The molecule has 0 unspecified atom stereocenters. The van der Waals surface area contributed by atoms with Crippen molar-refractivity contribution in [3.8, 4) is 5.75 Å². The fourth-order valence-electron chi connectivity index (χ4n) is 1.42. The van der Waals surface area contributed by atoms with E-state index >= 15 is 0 Å². The number of pyridine rings is 1. The van der Waals surface area contributed by atoms with Crippen LogP contribution in [0.25, 0.3) is 0 Å². The molecule has 0 fully saturated rings. The summed E-state index contributed by atoms with van der Waals surface area (Å²) in [5.41, 5.74) is 7.30. The number of nitrogens with two attached hydrogens (primary N) is 1. The van der Waals surface area contributed by atoms with Crippen LogP contribution < -0.4 is 15.8 Å². The van der Waals surface area contributed by atoms with Crippen LogP contribution in [0.2, 0.25) is 5.02 Å². The number of hydrogen-bond acceptors (Lipinski definition) is 4. The molecule has 1 aromatic heterocycles. The highest BCUT2D eigenvalue weighted by atomic mass is 35.5. The number of benzene rings is 1. The molecule has 0 bridgehead atoms. The first-order valence-corrected chi connectivity index (χ1v) is 5.39. The van der Waals surface area contributed by atoms with Crippen LogP contribution in [0.4, 0.5) is 17.2 Å². The van der Waals surface area contributed by atoms with Crippen LogP contribution >= 0.6 is 11.6 Å². The summed E-state index contributed by atoms with van der Waals surface area (Å²) in [5.74, 6) is 1.08. The molecule has 0 saturated carbocycles. The summed E-state index contributed by atoms with van der Waals surface area (Å²) in [5, 5.41) is 3.68. The van der Waals surface area contributed by atoms with Crippen LogP contribution in [-0.2, 0) is 0 Å². The third-order valence-corrected chi connectivity index (χ3v) is 2.56. The SMILES string of the molecule is COc1ccc(Nc2cccnc2N)cc1Cl. The van der Waals surface area contributed by atoms with E-state index in [0.29, 0.717) is 16.6 Å². The number of halogens is 1. The van der Waals surface area contributed by atoms with Crippen molar-refractivity contribution in [2.45, 2.75) is 0 Å². The van der Waals surface area contributed by atoms with Gasteiger partial charge in [0.15, 0.2) is 0 Å². The van der Waals surface area contributed by atoms with Gasteiger partial charge in [0.05, 0.1) is 17.8 Å². The summed E-state index contributed by atoms with van der Waals surface area (Å²) in [6, 6.07) is 9.07. The van der Waals surface area contributed by atoms with Gasteiger partial charge in [-0.15, -0.1) is 0 Å². The van der Waals surface area contributed by atoms with Crippen LogP contribution in [0.5, 0.6) is 5.75 Å².